The van der Waals surface area contributed by atoms with Crippen LogP contribution in [-0.4, -0.2) is 51.8 Å². The van der Waals surface area contributed by atoms with Crippen molar-refractivity contribution in [3.05, 3.63) is 50.1 Å². The number of thiophene rings is 1. The van der Waals surface area contributed by atoms with Crippen molar-refractivity contribution in [1.29, 1.82) is 0 Å². The van der Waals surface area contributed by atoms with Gasteiger partial charge in [-0.3, -0.25) is 14.4 Å². The van der Waals surface area contributed by atoms with Gasteiger partial charge in [0.05, 0.1) is 13.2 Å². The molecule has 2 aromatic heterocycles. The topological polar surface area (TPSA) is 101 Å². The minimum absolute atomic E-state index is 0.0465. The monoisotopic (exact) mass is 403 g/mol. The smallest absolute Gasteiger partial charge is 0.276 e. The van der Waals surface area contributed by atoms with Crippen LogP contribution in [0.5, 0.6) is 5.75 Å². The lowest BCUT2D eigenvalue weighted by Gasteiger charge is -2.44. The highest BCUT2D eigenvalue weighted by Gasteiger charge is 2.40. The van der Waals surface area contributed by atoms with Gasteiger partial charge in [-0.1, -0.05) is 6.07 Å². The van der Waals surface area contributed by atoms with E-state index in [1.807, 2.05) is 24.4 Å². The lowest BCUT2D eigenvalue weighted by Crippen LogP contribution is -2.57. The highest BCUT2D eigenvalue weighted by atomic mass is 32.1. The predicted octanol–water partition coefficient (Wildman–Crippen LogP) is 1.18. The number of nitrogens with one attached hydrogen (secondary N) is 1. The Labute approximate surface area is 165 Å². The molecule has 0 aromatic carbocycles. The second kappa shape index (κ2) is 7.40. The van der Waals surface area contributed by atoms with Gasteiger partial charge >= 0.3 is 0 Å². The fraction of sp³-hybridized carbons (Fsp3) is 0.421. The van der Waals surface area contributed by atoms with Crippen LogP contribution >= 0.6 is 11.3 Å². The molecule has 148 valence electrons. The molecule has 0 spiro atoms. The number of nitrogens with zero attached hydrogens (tertiary/aromatic N) is 2. The standard InChI is InChI=1S/C19H21N3O5S/c1-11-5-7-27-14-10-21-9-13(16(23)17(24)15(21)19(26)22(11)14)18(25)20-6-4-12-3-2-8-28-12/h2-3,8-9,11,14,24H,4-7,10H2,1H3,(H,20,25)/t11-,14+/m1/s1. The molecular weight excluding hydrogens is 382 g/mol. The van der Waals surface area contributed by atoms with Crippen LogP contribution in [0.3, 0.4) is 0 Å². The number of carbonyl (C=O) groups excluding carboxylic acids is 2. The molecular formula is C19H21N3O5S. The highest BCUT2D eigenvalue weighted by Crippen LogP contribution is 2.29. The van der Waals surface area contributed by atoms with E-state index in [1.54, 1.807) is 16.2 Å². The number of fused-ring (bicyclic) bond motifs is 2. The summed E-state index contributed by atoms with van der Waals surface area (Å²) < 4.78 is 7.13. The van der Waals surface area contributed by atoms with Crippen LogP contribution in [0.25, 0.3) is 0 Å². The fourth-order valence-corrected chi connectivity index (χ4v) is 4.38. The molecule has 2 atom stereocenters. The van der Waals surface area contributed by atoms with Crippen molar-refractivity contribution in [2.45, 2.75) is 38.6 Å². The molecule has 8 nitrogen and oxygen atoms in total. The minimum Gasteiger partial charge on any atom is -0.503 e. The highest BCUT2D eigenvalue weighted by molar-refractivity contribution is 7.09. The number of hydrogen-bond acceptors (Lipinski definition) is 6. The first-order valence-electron chi connectivity index (χ1n) is 9.18. The van der Waals surface area contributed by atoms with E-state index >= 15 is 0 Å². The average molecular weight is 403 g/mol. The van der Waals surface area contributed by atoms with Crippen molar-refractivity contribution in [2.24, 2.45) is 0 Å². The van der Waals surface area contributed by atoms with Crippen LogP contribution in [0.1, 0.15) is 39.1 Å². The molecule has 4 heterocycles. The van der Waals surface area contributed by atoms with Gasteiger partial charge in [-0.05, 0) is 31.2 Å². The summed E-state index contributed by atoms with van der Waals surface area (Å²) in [6.45, 7) is 3.08. The molecule has 1 saturated heterocycles. The molecule has 2 N–H and O–H groups in total. The molecule has 2 aliphatic rings. The maximum atomic E-state index is 12.8. The van der Waals surface area contributed by atoms with Crippen molar-refractivity contribution < 1.29 is 19.4 Å². The first kappa shape index (κ1) is 18.7. The Kier molecular flexibility index (Phi) is 4.94. The number of carbonyl (C=O) groups is 2. The molecule has 2 aliphatic heterocycles. The van der Waals surface area contributed by atoms with Crippen molar-refractivity contribution >= 4 is 23.2 Å². The number of amides is 2. The Morgan fingerprint density at radius 3 is 3.00 bits per heavy atom. The molecule has 28 heavy (non-hydrogen) atoms. The summed E-state index contributed by atoms with van der Waals surface area (Å²) in [6.07, 6.45) is 2.22. The van der Waals surface area contributed by atoms with E-state index < -0.39 is 29.2 Å². The van der Waals surface area contributed by atoms with Gasteiger partial charge in [0, 0.05) is 23.7 Å². The van der Waals surface area contributed by atoms with E-state index in [2.05, 4.69) is 5.32 Å². The zero-order valence-electron chi connectivity index (χ0n) is 15.4. The molecule has 0 saturated carbocycles. The third-order valence-electron chi connectivity index (χ3n) is 5.16. The van der Waals surface area contributed by atoms with E-state index in [0.717, 1.165) is 4.88 Å². The number of ether oxygens (including phenoxy) is 1. The van der Waals surface area contributed by atoms with Gasteiger partial charge in [0.15, 0.2) is 17.7 Å². The van der Waals surface area contributed by atoms with Gasteiger partial charge in [-0.15, -0.1) is 11.3 Å². The molecule has 4 rings (SSSR count). The maximum absolute atomic E-state index is 12.8. The second-order valence-electron chi connectivity index (χ2n) is 6.98. The van der Waals surface area contributed by atoms with E-state index in [1.165, 1.54) is 10.8 Å². The van der Waals surface area contributed by atoms with Crippen molar-refractivity contribution in [2.75, 3.05) is 13.2 Å². The first-order valence-corrected chi connectivity index (χ1v) is 10.1. The zero-order valence-corrected chi connectivity index (χ0v) is 16.2. The van der Waals surface area contributed by atoms with Gasteiger partial charge in [0.2, 0.25) is 5.43 Å². The van der Waals surface area contributed by atoms with Crippen LogP contribution in [0.15, 0.2) is 28.5 Å². The molecule has 9 heteroatoms. The molecule has 2 amide bonds. The van der Waals surface area contributed by atoms with Gasteiger partial charge < -0.3 is 24.6 Å². The van der Waals surface area contributed by atoms with E-state index in [-0.39, 0.29) is 23.8 Å². The fourth-order valence-electron chi connectivity index (χ4n) is 3.67. The van der Waals surface area contributed by atoms with Crippen LogP contribution in [0, 0.1) is 0 Å². The lowest BCUT2D eigenvalue weighted by atomic mass is 10.1. The Morgan fingerprint density at radius 2 is 2.25 bits per heavy atom. The average Bonchev–Trinajstić information content (AvgIpc) is 3.17. The van der Waals surface area contributed by atoms with Crippen molar-refractivity contribution in [1.82, 2.24) is 14.8 Å². The Hall–Kier alpha value is -2.65. The van der Waals surface area contributed by atoms with Crippen molar-refractivity contribution in [3.63, 3.8) is 0 Å². The van der Waals surface area contributed by atoms with E-state index in [9.17, 15) is 19.5 Å². The molecule has 0 bridgehead atoms. The SMILES string of the molecule is C[C@@H]1CCO[C@H]2Cn3cc(C(=O)NCCc4cccs4)c(=O)c(O)c3C(=O)N12. The summed E-state index contributed by atoms with van der Waals surface area (Å²) in [5.41, 5.74) is -1.11. The Morgan fingerprint density at radius 1 is 1.43 bits per heavy atom. The molecule has 0 aliphatic carbocycles. The number of aromatic hydroxyl groups is 1. The quantitative estimate of drug-likeness (QED) is 0.798. The summed E-state index contributed by atoms with van der Waals surface area (Å²) in [5.74, 6) is -1.71. The number of aromatic nitrogens is 1. The molecule has 1 fully saturated rings. The van der Waals surface area contributed by atoms with Crippen LogP contribution in [-0.2, 0) is 17.7 Å². The summed E-state index contributed by atoms with van der Waals surface area (Å²) >= 11 is 1.59. The van der Waals surface area contributed by atoms with Gasteiger partial charge in [-0.25, -0.2) is 0 Å². The number of pyridine rings is 1. The predicted molar refractivity (Wildman–Crippen MR) is 103 cm³/mol. The van der Waals surface area contributed by atoms with E-state index in [0.29, 0.717) is 26.0 Å². The third kappa shape index (κ3) is 3.20. The van der Waals surface area contributed by atoms with Gasteiger partial charge in [0.25, 0.3) is 11.8 Å². The Balaban J connectivity index is 1.59. The van der Waals surface area contributed by atoms with Crippen LogP contribution in [0.4, 0.5) is 0 Å². The summed E-state index contributed by atoms with van der Waals surface area (Å²) in [4.78, 5) is 40.6. The summed E-state index contributed by atoms with van der Waals surface area (Å²) in [7, 11) is 0. The molecule has 2 aromatic rings. The van der Waals surface area contributed by atoms with Crippen molar-refractivity contribution in [3.8, 4) is 5.75 Å². The van der Waals surface area contributed by atoms with Gasteiger partial charge in [0.1, 0.15) is 5.56 Å². The first-order chi connectivity index (χ1) is 13.5. The Bertz CT molecular complexity index is 969. The van der Waals surface area contributed by atoms with Crippen LogP contribution < -0.4 is 10.7 Å². The van der Waals surface area contributed by atoms with E-state index in [4.69, 9.17) is 4.74 Å². The van der Waals surface area contributed by atoms with Gasteiger partial charge in [-0.2, -0.15) is 0 Å². The lowest BCUT2D eigenvalue weighted by molar-refractivity contribution is -0.112. The second-order valence-corrected chi connectivity index (χ2v) is 8.01. The molecule has 0 radical (unpaired) electrons. The minimum atomic E-state index is -0.836. The maximum Gasteiger partial charge on any atom is 0.276 e. The zero-order chi connectivity index (χ0) is 19.8. The normalized spacial score (nSPS) is 21.2. The van der Waals surface area contributed by atoms with Crippen LogP contribution in [0.2, 0.25) is 0 Å². The largest absolute Gasteiger partial charge is 0.503 e. The number of hydrogen-bond donors (Lipinski definition) is 2. The summed E-state index contributed by atoms with van der Waals surface area (Å²) in [6, 6.07) is 3.86. The number of rotatable bonds is 4. The third-order valence-corrected chi connectivity index (χ3v) is 6.09. The summed E-state index contributed by atoms with van der Waals surface area (Å²) in [5, 5.41) is 15.1. The molecule has 0 unspecified atom stereocenters.